The van der Waals surface area contributed by atoms with E-state index in [4.69, 9.17) is 4.52 Å². The second-order valence-corrected chi connectivity index (χ2v) is 6.16. The summed E-state index contributed by atoms with van der Waals surface area (Å²) in [6, 6.07) is 3.46. The highest BCUT2D eigenvalue weighted by Gasteiger charge is 2.28. The molecular weight excluding hydrogens is 310 g/mol. The second-order valence-electron chi connectivity index (χ2n) is 6.16. The van der Waals surface area contributed by atoms with E-state index in [9.17, 15) is 9.59 Å². The summed E-state index contributed by atoms with van der Waals surface area (Å²) in [6.07, 6.45) is 4.71. The monoisotopic (exact) mass is 329 g/mol. The van der Waals surface area contributed by atoms with E-state index in [2.05, 4.69) is 10.3 Å². The summed E-state index contributed by atoms with van der Waals surface area (Å²) in [5.74, 6) is -0.00253. The highest BCUT2D eigenvalue weighted by molar-refractivity contribution is 5.93. The number of hydrogen-bond donors (Lipinski definition) is 0. The van der Waals surface area contributed by atoms with Crippen molar-refractivity contribution in [3.05, 3.63) is 35.5 Å². The minimum Gasteiger partial charge on any atom is -0.351 e. The summed E-state index contributed by atoms with van der Waals surface area (Å²) in [7, 11) is 0. The average molecular weight is 329 g/mol. The largest absolute Gasteiger partial charge is 0.351 e. The molecule has 4 heterocycles. The van der Waals surface area contributed by atoms with E-state index in [1.807, 2.05) is 10.7 Å². The van der Waals surface area contributed by atoms with Gasteiger partial charge < -0.3 is 14.3 Å². The molecule has 0 saturated carbocycles. The molecule has 2 aromatic heterocycles. The maximum Gasteiger partial charge on any atom is 0.292 e. The Morgan fingerprint density at radius 1 is 1.00 bits per heavy atom. The van der Waals surface area contributed by atoms with Gasteiger partial charge >= 0.3 is 0 Å². The van der Waals surface area contributed by atoms with E-state index in [0.717, 1.165) is 31.5 Å². The van der Waals surface area contributed by atoms with Crippen LogP contribution in [0.1, 0.15) is 39.6 Å². The molecule has 0 unspecified atom stereocenters. The van der Waals surface area contributed by atoms with Crippen LogP contribution in [0.25, 0.3) is 0 Å². The first kappa shape index (κ1) is 14.9. The van der Waals surface area contributed by atoms with Crippen molar-refractivity contribution >= 4 is 11.8 Å². The van der Waals surface area contributed by atoms with Gasteiger partial charge in [-0.2, -0.15) is 5.10 Å². The molecule has 0 aliphatic carbocycles. The number of aryl methyl sites for hydroxylation is 2. The lowest BCUT2D eigenvalue weighted by atomic mass is 10.1. The van der Waals surface area contributed by atoms with Gasteiger partial charge in [-0.3, -0.25) is 14.3 Å². The average Bonchev–Trinajstić information content (AvgIpc) is 3.30. The molecule has 126 valence electrons. The Balaban J connectivity index is 1.39. The number of nitrogens with zero attached hydrogens (tertiary/aromatic N) is 5. The van der Waals surface area contributed by atoms with E-state index in [-0.39, 0.29) is 17.6 Å². The van der Waals surface area contributed by atoms with Gasteiger partial charge in [0.05, 0.1) is 6.20 Å². The highest BCUT2D eigenvalue weighted by Crippen LogP contribution is 2.17. The van der Waals surface area contributed by atoms with Crippen LogP contribution < -0.4 is 0 Å². The standard InChI is InChI=1S/C16H19N5O3/c22-15(13-11-12-3-1-2-6-21(12)18-13)19-7-9-20(10-8-19)16(23)14-4-5-17-24-14/h4-5,11H,1-3,6-10H2. The van der Waals surface area contributed by atoms with Gasteiger partial charge in [-0.05, 0) is 25.3 Å². The first-order chi connectivity index (χ1) is 11.7. The van der Waals surface area contributed by atoms with Gasteiger partial charge in [0.25, 0.3) is 11.8 Å². The van der Waals surface area contributed by atoms with Gasteiger partial charge in [-0.25, -0.2) is 0 Å². The number of piperazine rings is 1. The normalized spacial score (nSPS) is 17.7. The third-order valence-corrected chi connectivity index (χ3v) is 4.64. The van der Waals surface area contributed by atoms with Crippen molar-refractivity contribution in [2.75, 3.05) is 26.2 Å². The molecule has 0 spiro atoms. The van der Waals surface area contributed by atoms with E-state index < -0.39 is 0 Å². The zero-order chi connectivity index (χ0) is 16.5. The Bertz CT molecular complexity index is 720. The van der Waals surface area contributed by atoms with Gasteiger partial charge in [0.15, 0.2) is 5.69 Å². The molecule has 4 rings (SSSR count). The van der Waals surface area contributed by atoms with Gasteiger partial charge in [0, 0.05) is 44.5 Å². The lowest BCUT2D eigenvalue weighted by molar-refractivity contribution is 0.0509. The lowest BCUT2D eigenvalue weighted by Crippen LogP contribution is -2.50. The molecule has 1 saturated heterocycles. The SMILES string of the molecule is O=C(c1cc2n(n1)CCCC2)N1CCN(C(=O)c2ccno2)CC1. The number of carbonyl (C=O) groups is 2. The first-order valence-electron chi connectivity index (χ1n) is 8.28. The lowest BCUT2D eigenvalue weighted by Gasteiger charge is -2.33. The summed E-state index contributed by atoms with van der Waals surface area (Å²) >= 11 is 0. The minimum atomic E-state index is -0.183. The van der Waals surface area contributed by atoms with Crippen molar-refractivity contribution < 1.29 is 14.1 Å². The van der Waals surface area contributed by atoms with Crippen LogP contribution in [0.15, 0.2) is 22.9 Å². The number of carbonyl (C=O) groups excluding carboxylic acids is 2. The molecule has 2 aliphatic heterocycles. The Morgan fingerprint density at radius 3 is 2.42 bits per heavy atom. The molecule has 0 atom stereocenters. The zero-order valence-electron chi connectivity index (χ0n) is 13.3. The molecule has 1 fully saturated rings. The molecule has 0 radical (unpaired) electrons. The van der Waals surface area contributed by atoms with E-state index in [1.165, 1.54) is 6.20 Å². The van der Waals surface area contributed by atoms with Crippen LogP contribution >= 0.6 is 0 Å². The third kappa shape index (κ3) is 2.68. The van der Waals surface area contributed by atoms with Gasteiger partial charge in [-0.1, -0.05) is 5.16 Å². The maximum atomic E-state index is 12.6. The molecule has 8 heteroatoms. The van der Waals surface area contributed by atoms with Crippen LogP contribution in [0.5, 0.6) is 0 Å². The number of amides is 2. The summed E-state index contributed by atoms with van der Waals surface area (Å²) in [4.78, 5) is 28.3. The van der Waals surface area contributed by atoms with Crippen molar-refractivity contribution in [1.29, 1.82) is 0 Å². The molecule has 2 amide bonds. The van der Waals surface area contributed by atoms with Crippen molar-refractivity contribution in [1.82, 2.24) is 24.7 Å². The Kier molecular flexibility index (Phi) is 3.79. The highest BCUT2D eigenvalue weighted by atomic mass is 16.5. The predicted octanol–water partition coefficient (Wildman–Crippen LogP) is 0.806. The number of hydrogen-bond acceptors (Lipinski definition) is 5. The first-order valence-corrected chi connectivity index (χ1v) is 8.28. The van der Waals surface area contributed by atoms with Crippen molar-refractivity contribution in [3.63, 3.8) is 0 Å². The van der Waals surface area contributed by atoms with Crippen LogP contribution in [0.3, 0.4) is 0 Å². The molecular formula is C16H19N5O3. The summed E-state index contributed by atoms with van der Waals surface area (Å²) in [5, 5.41) is 8.00. The fourth-order valence-electron chi connectivity index (χ4n) is 3.28. The molecule has 2 aliphatic rings. The van der Waals surface area contributed by atoms with Crippen molar-refractivity contribution in [2.45, 2.75) is 25.8 Å². The Hall–Kier alpha value is -2.64. The fourth-order valence-corrected chi connectivity index (χ4v) is 3.28. The van der Waals surface area contributed by atoms with Gasteiger partial charge in [0.1, 0.15) is 0 Å². The Labute approximate surface area is 139 Å². The van der Waals surface area contributed by atoms with Crippen LogP contribution in [-0.4, -0.2) is 62.7 Å². The quantitative estimate of drug-likeness (QED) is 0.814. The number of aromatic nitrogens is 3. The molecule has 24 heavy (non-hydrogen) atoms. The van der Waals surface area contributed by atoms with E-state index in [0.29, 0.717) is 31.9 Å². The minimum absolute atomic E-state index is 0.0522. The zero-order valence-corrected chi connectivity index (χ0v) is 13.3. The van der Waals surface area contributed by atoms with E-state index >= 15 is 0 Å². The van der Waals surface area contributed by atoms with Gasteiger partial charge in [-0.15, -0.1) is 0 Å². The smallest absolute Gasteiger partial charge is 0.292 e. The number of fused-ring (bicyclic) bond motifs is 1. The molecule has 0 bridgehead atoms. The van der Waals surface area contributed by atoms with Crippen LogP contribution in [0, 0.1) is 0 Å². The fraction of sp³-hybridized carbons (Fsp3) is 0.500. The van der Waals surface area contributed by atoms with Crippen molar-refractivity contribution in [2.24, 2.45) is 0 Å². The van der Waals surface area contributed by atoms with E-state index in [1.54, 1.807) is 15.9 Å². The molecule has 2 aromatic rings. The Morgan fingerprint density at radius 2 is 1.75 bits per heavy atom. The topological polar surface area (TPSA) is 84.5 Å². The predicted molar refractivity (Wildman–Crippen MR) is 83.5 cm³/mol. The molecule has 0 N–H and O–H groups in total. The summed E-state index contributed by atoms with van der Waals surface area (Å²) in [6.45, 7) is 2.86. The van der Waals surface area contributed by atoms with Crippen LogP contribution in [-0.2, 0) is 13.0 Å². The molecule has 0 aromatic carbocycles. The maximum absolute atomic E-state index is 12.6. The third-order valence-electron chi connectivity index (χ3n) is 4.64. The van der Waals surface area contributed by atoms with Crippen molar-refractivity contribution in [3.8, 4) is 0 Å². The second kappa shape index (κ2) is 6.10. The number of rotatable bonds is 2. The summed E-state index contributed by atoms with van der Waals surface area (Å²) < 4.78 is 6.85. The summed E-state index contributed by atoms with van der Waals surface area (Å²) in [5.41, 5.74) is 1.66. The van der Waals surface area contributed by atoms with Gasteiger partial charge in [0.2, 0.25) is 5.76 Å². The van der Waals surface area contributed by atoms with Crippen LogP contribution in [0.2, 0.25) is 0 Å². The molecule has 8 nitrogen and oxygen atoms in total. The van der Waals surface area contributed by atoms with Crippen LogP contribution in [0.4, 0.5) is 0 Å².